The van der Waals surface area contributed by atoms with Gasteiger partial charge in [-0.2, -0.15) is 0 Å². The predicted molar refractivity (Wildman–Crippen MR) is 87.8 cm³/mol. The van der Waals surface area contributed by atoms with Gasteiger partial charge in [-0.05, 0) is 49.9 Å². The number of hydrogen-bond acceptors (Lipinski definition) is 2. The first kappa shape index (κ1) is 14.9. The molecule has 0 aliphatic heterocycles. The number of ether oxygens (including phenoxy) is 1. The topological polar surface area (TPSA) is 21.3 Å². The maximum Gasteiger partial charge on any atom is 0.120 e. The van der Waals surface area contributed by atoms with Gasteiger partial charge in [0.1, 0.15) is 11.9 Å². The summed E-state index contributed by atoms with van der Waals surface area (Å²) in [5, 5.41) is 3.76. The molecule has 0 heterocycles. The normalized spacial score (nSPS) is 26.8. The molecule has 2 unspecified atom stereocenters. The largest absolute Gasteiger partial charge is 0.490 e. The first-order valence-corrected chi connectivity index (χ1v) is 8.77. The zero-order valence-corrected chi connectivity index (χ0v) is 13.5. The van der Waals surface area contributed by atoms with E-state index in [-0.39, 0.29) is 0 Å². The van der Waals surface area contributed by atoms with Crippen molar-refractivity contribution in [1.82, 2.24) is 5.32 Å². The molecule has 3 rings (SSSR count). The Labute approximate surface area is 129 Å². The van der Waals surface area contributed by atoms with E-state index in [0.29, 0.717) is 17.6 Å². The van der Waals surface area contributed by atoms with Gasteiger partial charge in [0.05, 0.1) is 0 Å². The maximum atomic E-state index is 6.40. The van der Waals surface area contributed by atoms with Crippen LogP contribution in [-0.4, -0.2) is 18.7 Å². The van der Waals surface area contributed by atoms with Crippen molar-refractivity contribution in [3.8, 4) is 5.75 Å². The van der Waals surface area contributed by atoms with E-state index in [0.717, 1.165) is 18.7 Å². The highest BCUT2D eigenvalue weighted by atomic mass is 16.5. The van der Waals surface area contributed by atoms with Crippen LogP contribution < -0.4 is 10.1 Å². The van der Waals surface area contributed by atoms with Crippen molar-refractivity contribution < 1.29 is 4.74 Å². The fourth-order valence-corrected chi connectivity index (χ4v) is 4.22. The monoisotopic (exact) mass is 287 g/mol. The third-order valence-corrected chi connectivity index (χ3v) is 5.55. The lowest BCUT2D eigenvalue weighted by molar-refractivity contribution is -0.0760. The summed E-state index contributed by atoms with van der Waals surface area (Å²) < 4.78 is 6.40. The van der Waals surface area contributed by atoms with Gasteiger partial charge in [-0.15, -0.1) is 0 Å². The number of benzene rings is 1. The van der Waals surface area contributed by atoms with Crippen LogP contribution in [0, 0.1) is 5.41 Å². The van der Waals surface area contributed by atoms with Gasteiger partial charge in [0.25, 0.3) is 0 Å². The van der Waals surface area contributed by atoms with Crippen LogP contribution in [0.25, 0.3) is 0 Å². The second-order valence-corrected chi connectivity index (χ2v) is 6.79. The van der Waals surface area contributed by atoms with Crippen molar-refractivity contribution in [3.05, 3.63) is 29.8 Å². The Balaban J connectivity index is 1.68. The molecule has 0 aromatic heterocycles. The van der Waals surface area contributed by atoms with E-state index < -0.39 is 0 Å². The number of rotatable bonds is 6. The predicted octanol–water partition coefficient (Wildman–Crippen LogP) is 4.33. The molecule has 0 bridgehead atoms. The molecule has 2 nitrogen and oxygen atoms in total. The minimum atomic E-state index is 0.414. The van der Waals surface area contributed by atoms with Crippen LogP contribution in [0.4, 0.5) is 0 Å². The zero-order valence-electron chi connectivity index (χ0n) is 13.5. The van der Waals surface area contributed by atoms with Crippen molar-refractivity contribution in [2.45, 2.75) is 70.9 Å². The quantitative estimate of drug-likeness (QED) is 0.841. The van der Waals surface area contributed by atoms with Crippen LogP contribution >= 0.6 is 0 Å². The van der Waals surface area contributed by atoms with Crippen molar-refractivity contribution in [2.75, 3.05) is 6.54 Å². The van der Waals surface area contributed by atoms with Crippen LogP contribution in [0.5, 0.6) is 5.75 Å². The number of nitrogens with one attached hydrogen (secondary N) is 1. The van der Waals surface area contributed by atoms with E-state index in [9.17, 15) is 0 Å². The van der Waals surface area contributed by atoms with Gasteiger partial charge in [-0.1, -0.05) is 38.8 Å². The molecule has 2 heteroatoms. The summed E-state index contributed by atoms with van der Waals surface area (Å²) in [6, 6.07) is 9.33. The van der Waals surface area contributed by atoms with Gasteiger partial charge >= 0.3 is 0 Å². The molecule has 2 fully saturated rings. The Morgan fingerprint density at radius 3 is 2.76 bits per heavy atom. The van der Waals surface area contributed by atoms with Gasteiger partial charge in [0.2, 0.25) is 0 Å². The van der Waals surface area contributed by atoms with E-state index in [1.54, 1.807) is 0 Å². The average molecular weight is 287 g/mol. The molecular weight excluding hydrogens is 258 g/mol. The molecule has 1 aromatic carbocycles. The molecule has 2 atom stereocenters. The first-order valence-electron chi connectivity index (χ1n) is 8.77. The van der Waals surface area contributed by atoms with Gasteiger partial charge in [-0.3, -0.25) is 0 Å². The fraction of sp³-hybridized carbons (Fsp3) is 0.684. The Morgan fingerprint density at radius 1 is 1.24 bits per heavy atom. The second kappa shape index (κ2) is 6.39. The molecule has 116 valence electrons. The molecule has 21 heavy (non-hydrogen) atoms. The summed E-state index contributed by atoms with van der Waals surface area (Å²) in [6.07, 6.45) is 9.32. The standard InChI is InChI=1S/C19H29NO/c1-3-12-20-17-14-18(19(17)10-5-6-11-19)21-16-9-7-8-15(4-2)13-16/h7-9,13,17-18,20H,3-6,10-12,14H2,1-2H3. The van der Waals surface area contributed by atoms with Gasteiger partial charge in [0.15, 0.2) is 0 Å². The highest BCUT2D eigenvalue weighted by molar-refractivity contribution is 5.29. The lowest BCUT2D eigenvalue weighted by Crippen LogP contribution is -2.63. The highest BCUT2D eigenvalue weighted by Gasteiger charge is 2.57. The molecule has 2 aliphatic carbocycles. The zero-order chi connectivity index (χ0) is 14.7. The first-order chi connectivity index (χ1) is 10.3. The second-order valence-electron chi connectivity index (χ2n) is 6.79. The summed E-state index contributed by atoms with van der Waals surface area (Å²) in [4.78, 5) is 0. The van der Waals surface area contributed by atoms with Crippen LogP contribution in [0.2, 0.25) is 0 Å². The smallest absolute Gasteiger partial charge is 0.120 e. The summed E-state index contributed by atoms with van der Waals surface area (Å²) in [7, 11) is 0. The van der Waals surface area contributed by atoms with Crippen LogP contribution in [-0.2, 0) is 6.42 Å². The van der Waals surface area contributed by atoms with E-state index in [4.69, 9.17) is 4.74 Å². The Morgan fingerprint density at radius 2 is 2.05 bits per heavy atom. The van der Waals surface area contributed by atoms with Crippen molar-refractivity contribution in [1.29, 1.82) is 0 Å². The molecule has 2 saturated carbocycles. The average Bonchev–Trinajstić information content (AvgIpc) is 3.03. The Kier molecular flexibility index (Phi) is 4.54. The summed E-state index contributed by atoms with van der Waals surface area (Å²) in [6.45, 7) is 5.59. The third kappa shape index (κ3) is 2.83. The molecule has 0 radical (unpaired) electrons. The fourth-order valence-electron chi connectivity index (χ4n) is 4.22. The third-order valence-electron chi connectivity index (χ3n) is 5.55. The molecule has 1 spiro atoms. The van der Waals surface area contributed by atoms with E-state index in [1.165, 1.54) is 44.1 Å². The SMILES string of the molecule is CCCNC1CC(Oc2cccc(CC)c2)C12CCCC2. The lowest BCUT2D eigenvalue weighted by atomic mass is 9.60. The van der Waals surface area contributed by atoms with Crippen LogP contribution in [0.3, 0.4) is 0 Å². The molecule has 2 aliphatic rings. The molecule has 0 saturated heterocycles. The van der Waals surface area contributed by atoms with Crippen LogP contribution in [0.15, 0.2) is 24.3 Å². The minimum absolute atomic E-state index is 0.414. The summed E-state index contributed by atoms with van der Waals surface area (Å²) >= 11 is 0. The van der Waals surface area contributed by atoms with Crippen molar-refractivity contribution in [3.63, 3.8) is 0 Å². The van der Waals surface area contributed by atoms with Gasteiger partial charge in [-0.25, -0.2) is 0 Å². The Bertz CT molecular complexity index is 464. The van der Waals surface area contributed by atoms with E-state index in [1.807, 2.05) is 0 Å². The molecule has 1 aromatic rings. The van der Waals surface area contributed by atoms with E-state index in [2.05, 4.69) is 43.4 Å². The molecular formula is C19H29NO. The van der Waals surface area contributed by atoms with E-state index >= 15 is 0 Å². The number of hydrogen-bond donors (Lipinski definition) is 1. The maximum absolute atomic E-state index is 6.40. The van der Waals surface area contributed by atoms with Gasteiger partial charge in [0, 0.05) is 17.9 Å². The van der Waals surface area contributed by atoms with Crippen molar-refractivity contribution in [2.24, 2.45) is 5.41 Å². The molecule has 1 N–H and O–H groups in total. The van der Waals surface area contributed by atoms with Crippen LogP contribution in [0.1, 0.15) is 57.9 Å². The van der Waals surface area contributed by atoms with Crippen molar-refractivity contribution >= 4 is 0 Å². The minimum Gasteiger partial charge on any atom is -0.490 e. The summed E-state index contributed by atoms with van der Waals surface area (Å²) in [5.74, 6) is 1.07. The number of aryl methyl sites for hydroxylation is 1. The lowest BCUT2D eigenvalue weighted by Gasteiger charge is -2.54. The summed E-state index contributed by atoms with van der Waals surface area (Å²) in [5.41, 5.74) is 1.78. The molecule has 0 amide bonds. The Hall–Kier alpha value is -1.02. The van der Waals surface area contributed by atoms with Gasteiger partial charge < -0.3 is 10.1 Å². The highest BCUT2D eigenvalue weighted by Crippen LogP contribution is 2.54.